The highest BCUT2D eigenvalue weighted by atomic mass is 32.2. The first-order valence-corrected chi connectivity index (χ1v) is 8.39. The molecule has 1 aliphatic rings. The summed E-state index contributed by atoms with van der Waals surface area (Å²) in [5.74, 6) is 0.679. The van der Waals surface area contributed by atoms with Crippen LogP contribution in [0.15, 0.2) is 23.1 Å². The lowest BCUT2D eigenvalue weighted by molar-refractivity contribution is 0.383. The summed E-state index contributed by atoms with van der Waals surface area (Å²) in [5.41, 5.74) is 0.783. The van der Waals surface area contributed by atoms with E-state index in [9.17, 15) is 8.42 Å². The molecule has 0 bridgehead atoms. The Morgan fingerprint density at radius 1 is 1.35 bits per heavy atom. The molecule has 2 N–H and O–H groups in total. The Labute approximate surface area is 120 Å². The largest absolute Gasteiger partial charge is 0.497 e. The number of hydrogen-bond acceptors (Lipinski definition) is 4. The van der Waals surface area contributed by atoms with Crippen LogP contribution in [0.5, 0.6) is 5.75 Å². The molecule has 0 saturated heterocycles. The zero-order valence-electron chi connectivity index (χ0n) is 12.0. The second-order valence-electron chi connectivity index (χ2n) is 5.08. The van der Waals surface area contributed by atoms with Gasteiger partial charge in [-0.05, 0) is 56.6 Å². The van der Waals surface area contributed by atoms with Crippen molar-refractivity contribution in [1.82, 2.24) is 10.0 Å². The maximum atomic E-state index is 12.4. The monoisotopic (exact) mass is 298 g/mol. The summed E-state index contributed by atoms with van der Waals surface area (Å²) in [6.45, 7) is 0.721. The lowest BCUT2D eigenvalue weighted by Gasteiger charge is -2.26. The van der Waals surface area contributed by atoms with Crippen LogP contribution in [0.25, 0.3) is 0 Å². The maximum Gasteiger partial charge on any atom is 0.241 e. The zero-order valence-corrected chi connectivity index (χ0v) is 12.8. The molecule has 20 heavy (non-hydrogen) atoms. The van der Waals surface area contributed by atoms with Crippen molar-refractivity contribution in [3.05, 3.63) is 23.8 Å². The minimum Gasteiger partial charge on any atom is -0.497 e. The van der Waals surface area contributed by atoms with Crippen molar-refractivity contribution in [2.75, 3.05) is 20.7 Å². The van der Waals surface area contributed by atoms with E-state index < -0.39 is 10.0 Å². The van der Waals surface area contributed by atoms with Gasteiger partial charge in [-0.1, -0.05) is 6.42 Å². The molecule has 0 aromatic heterocycles. The smallest absolute Gasteiger partial charge is 0.241 e. The predicted octanol–water partition coefficient (Wildman–Crippen LogP) is 1.29. The Morgan fingerprint density at radius 3 is 2.65 bits per heavy atom. The summed E-state index contributed by atoms with van der Waals surface area (Å²) in [5, 5.41) is 3.04. The summed E-state index contributed by atoms with van der Waals surface area (Å²) in [6, 6.07) is 5.22. The van der Waals surface area contributed by atoms with Crippen molar-refractivity contribution in [2.45, 2.75) is 36.6 Å². The van der Waals surface area contributed by atoms with Crippen LogP contribution in [-0.4, -0.2) is 35.2 Å². The van der Waals surface area contributed by atoms with Gasteiger partial charge in [0.05, 0.1) is 12.0 Å². The van der Waals surface area contributed by atoms with Crippen LogP contribution in [0.1, 0.15) is 24.8 Å². The van der Waals surface area contributed by atoms with Crippen molar-refractivity contribution < 1.29 is 13.2 Å². The van der Waals surface area contributed by atoms with Gasteiger partial charge >= 0.3 is 0 Å². The fourth-order valence-electron chi connectivity index (χ4n) is 2.21. The van der Waals surface area contributed by atoms with Crippen LogP contribution in [0.2, 0.25) is 0 Å². The minimum atomic E-state index is -3.44. The highest BCUT2D eigenvalue weighted by molar-refractivity contribution is 7.89. The van der Waals surface area contributed by atoms with E-state index in [1.807, 2.05) is 7.05 Å². The predicted molar refractivity (Wildman–Crippen MR) is 78.6 cm³/mol. The van der Waals surface area contributed by atoms with Crippen molar-refractivity contribution in [3.63, 3.8) is 0 Å². The fraction of sp³-hybridized carbons (Fsp3) is 0.571. The number of hydrogen-bond donors (Lipinski definition) is 2. The van der Waals surface area contributed by atoms with Crippen molar-refractivity contribution in [2.24, 2.45) is 0 Å². The Balaban J connectivity index is 2.27. The molecule has 1 aromatic rings. The molecule has 0 spiro atoms. The summed E-state index contributed by atoms with van der Waals surface area (Å²) in [4.78, 5) is 0.362. The van der Waals surface area contributed by atoms with Crippen LogP contribution in [-0.2, 0) is 16.4 Å². The van der Waals surface area contributed by atoms with E-state index in [4.69, 9.17) is 4.74 Å². The highest BCUT2D eigenvalue weighted by Gasteiger charge is 2.26. The van der Waals surface area contributed by atoms with Gasteiger partial charge < -0.3 is 10.1 Å². The van der Waals surface area contributed by atoms with Crippen molar-refractivity contribution in [1.29, 1.82) is 0 Å². The molecular weight excluding hydrogens is 276 g/mol. The molecule has 0 heterocycles. The standard InChI is InChI=1S/C14H22N2O3S/c1-15-9-8-11-10-13(19-2)6-7-14(11)20(17,18)16-12-4-3-5-12/h6-7,10,12,15-16H,3-5,8-9H2,1-2H3. The van der Waals surface area contributed by atoms with E-state index in [1.165, 1.54) is 0 Å². The number of benzene rings is 1. The summed E-state index contributed by atoms with van der Waals surface area (Å²) >= 11 is 0. The van der Waals surface area contributed by atoms with Crippen LogP contribution in [0.4, 0.5) is 0 Å². The molecule has 5 nitrogen and oxygen atoms in total. The number of nitrogens with one attached hydrogen (secondary N) is 2. The number of likely N-dealkylation sites (N-methyl/N-ethyl adjacent to an activating group) is 1. The van der Waals surface area contributed by atoms with E-state index in [-0.39, 0.29) is 6.04 Å². The Kier molecular flexibility index (Phi) is 5.01. The first-order chi connectivity index (χ1) is 9.56. The quantitative estimate of drug-likeness (QED) is 0.796. The van der Waals surface area contributed by atoms with E-state index in [2.05, 4.69) is 10.0 Å². The van der Waals surface area contributed by atoms with Crippen LogP contribution < -0.4 is 14.8 Å². The van der Waals surface area contributed by atoms with Gasteiger partial charge in [-0.3, -0.25) is 0 Å². The summed E-state index contributed by atoms with van der Waals surface area (Å²) < 4.78 is 32.8. The average molecular weight is 298 g/mol. The van der Waals surface area contributed by atoms with Gasteiger partial charge in [0.1, 0.15) is 5.75 Å². The second kappa shape index (κ2) is 6.56. The Bertz CT molecular complexity index is 554. The number of methoxy groups -OCH3 is 1. The molecule has 112 valence electrons. The third-order valence-electron chi connectivity index (χ3n) is 3.63. The van der Waals surface area contributed by atoms with Crippen LogP contribution >= 0.6 is 0 Å². The third-order valence-corrected chi connectivity index (χ3v) is 5.25. The Hall–Kier alpha value is -1.11. The number of ether oxygens (including phenoxy) is 1. The van der Waals surface area contributed by atoms with Crippen LogP contribution in [0.3, 0.4) is 0 Å². The molecule has 0 atom stereocenters. The molecule has 1 aromatic carbocycles. The van der Waals surface area contributed by atoms with Gasteiger partial charge in [0.2, 0.25) is 10.0 Å². The average Bonchev–Trinajstić information content (AvgIpc) is 2.40. The van der Waals surface area contributed by atoms with E-state index in [0.29, 0.717) is 17.1 Å². The normalized spacial score (nSPS) is 15.9. The number of sulfonamides is 1. The van der Waals surface area contributed by atoms with Gasteiger partial charge in [-0.15, -0.1) is 0 Å². The molecule has 0 amide bonds. The molecule has 0 radical (unpaired) electrons. The molecule has 0 aliphatic heterocycles. The third kappa shape index (κ3) is 3.50. The molecule has 1 fully saturated rings. The van der Waals surface area contributed by atoms with Crippen molar-refractivity contribution >= 4 is 10.0 Å². The molecule has 1 saturated carbocycles. The minimum absolute atomic E-state index is 0.0965. The topological polar surface area (TPSA) is 67.4 Å². The molecular formula is C14H22N2O3S. The van der Waals surface area contributed by atoms with Gasteiger partial charge in [-0.2, -0.15) is 0 Å². The first kappa shape index (κ1) is 15.3. The second-order valence-corrected chi connectivity index (χ2v) is 6.76. The SMILES string of the molecule is CNCCc1cc(OC)ccc1S(=O)(=O)NC1CCC1. The number of rotatable bonds is 7. The highest BCUT2D eigenvalue weighted by Crippen LogP contribution is 2.25. The Morgan fingerprint density at radius 2 is 2.10 bits per heavy atom. The molecule has 2 rings (SSSR count). The van der Waals surface area contributed by atoms with E-state index in [0.717, 1.165) is 31.4 Å². The summed E-state index contributed by atoms with van der Waals surface area (Å²) in [7, 11) is -0.0103. The van der Waals surface area contributed by atoms with E-state index in [1.54, 1.807) is 25.3 Å². The molecule has 0 unspecified atom stereocenters. The molecule has 6 heteroatoms. The van der Waals surface area contributed by atoms with Gasteiger partial charge in [-0.25, -0.2) is 13.1 Å². The zero-order chi connectivity index (χ0) is 14.6. The molecule has 1 aliphatic carbocycles. The van der Waals surface area contributed by atoms with Gasteiger partial charge in [0.15, 0.2) is 0 Å². The maximum absolute atomic E-state index is 12.4. The van der Waals surface area contributed by atoms with Crippen LogP contribution in [0, 0.1) is 0 Å². The lowest BCUT2D eigenvalue weighted by Crippen LogP contribution is -2.39. The van der Waals surface area contributed by atoms with E-state index >= 15 is 0 Å². The van der Waals surface area contributed by atoms with Gasteiger partial charge in [0, 0.05) is 6.04 Å². The fourth-order valence-corrected chi connectivity index (χ4v) is 3.76. The van der Waals surface area contributed by atoms with Crippen molar-refractivity contribution in [3.8, 4) is 5.75 Å². The van der Waals surface area contributed by atoms with Gasteiger partial charge in [0.25, 0.3) is 0 Å². The summed E-state index contributed by atoms with van der Waals surface area (Å²) in [6.07, 6.45) is 3.61. The first-order valence-electron chi connectivity index (χ1n) is 6.90. The lowest BCUT2D eigenvalue weighted by atomic mass is 9.94.